The van der Waals surface area contributed by atoms with Crippen molar-refractivity contribution in [2.75, 3.05) is 45.2 Å². The van der Waals surface area contributed by atoms with Gasteiger partial charge in [-0.3, -0.25) is 9.69 Å². The van der Waals surface area contributed by atoms with Gasteiger partial charge in [0.15, 0.2) is 0 Å². The maximum absolute atomic E-state index is 12.7. The molecular weight excluding hydrogens is 358 g/mol. The lowest BCUT2D eigenvalue weighted by atomic mass is 10.2. The summed E-state index contributed by atoms with van der Waals surface area (Å²) in [5, 5.41) is 5.09. The van der Waals surface area contributed by atoms with Crippen molar-refractivity contribution in [3.63, 3.8) is 0 Å². The van der Waals surface area contributed by atoms with E-state index in [-0.39, 0.29) is 5.91 Å². The molecule has 27 heavy (non-hydrogen) atoms. The normalized spacial score (nSPS) is 11.2. The Labute approximate surface area is 166 Å². The van der Waals surface area contributed by atoms with Gasteiger partial charge in [-0.25, -0.2) is 0 Å². The van der Waals surface area contributed by atoms with Crippen LogP contribution < -0.4 is 10.1 Å². The number of carbonyl (C=O) groups is 1. The van der Waals surface area contributed by atoms with Crippen LogP contribution in [-0.4, -0.2) is 55.5 Å². The van der Waals surface area contributed by atoms with Crippen molar-refractivity contribution < 1.29 is 9.53 Å². The van der Waals surface area contributed by atoms with E-state index in [1.807, 2.05) is 25.1 Å². The minimum Gasteiger partial charge on any atom is -0.495 e. The third-order valence-corrected chi connectivity index (χ3v) is 5.44. The largest absolute Gasteiger partial charge is 0.495 e. The number of thiophene rings is 1. The Morgan fingerprint density at radius 3 is 2.52 bits per heavy atom. The lowest BCUT2D eigenvalue weighted by Gasteiger charge is -2.25. The summed E-state index contributed by atoms with van der Waals surface area (Å²) in [5.74, 6) is 0.664. The van der Waals surface area contributed by atoms with Gasteiger partial charge < -0.3 is 15.0 Å². The molecule has 0 fully saturated rings. The maximum Gasteiger partial charge on any atom is 0.238 e. The summed E-state index contributed by atoms with van der Waals surface area (Å²) in [6, 6.07) is 9.98. The molecule has 2 rings (SSSR count). The molecule has 1 amide bonds. The van der Waals surface area contributed by atoms with Gasteiger partial charge >= 0.3 is 0 Å². The van der Waals surface area contributed by atoms with Crippen LogP contribution in [0.5, 0.6) is 5.75 Å². The van der Waals surface area contributed by atoms with E-state index in [1.165, 1.54) is 4.88 Å². The van der Waals surface area contributed by atoms with Crippen LogP contribution in [0.1, 0.15) is 24.3 Å². The molecule has 0 aliphatic heterocycles. The number of anilines is 1. The summed E-state index contributed by atoms with van der Waals surface area (Å²) in [6.07, 6.45) is 0. The second-order valence-electron chi connectivity index (χ2n) is 6.57. The molecule has 0 saturated heterocycles. The van der Waals surface area contributed by atoms with Crippen molar-refractivity contribution in [3.8, 4) is 5.75 Å². The smallest absolute Gasteiger partial charge is 0.238 e. The van der Waals surface area contributed by atoms with Crippen LogP contribution in [0, 0.1) is 6.92 Å². The van der Waals surface area contributed by atoms with Gasteiger partial charge in [-0.05, 0) is 49.2 Å². The Hall–Kier alpha value is -1.89. The number of ether oxygens (including phenoxy) is 1. The second-order valence-corrected chi connectivity index (χ2v) is 7.60. The number of likely N-dealkylation sites (N-methyl/N-ethyl adjacent to an activating group) is 1. The molecule has 1 aromatic heterocycles. The number of rotatable bonds is 11. The van der Waals surface area contributed by atoms with E-state index in [9.17, 15) is 4.79 Å². The lowest BCUT2D eigenvalue weighted by molar-refractivity contribution is -0.117. The Bertz CT molecular complexity index is 699. The SMILES string of the molecule is CCN(CC)CCN(CC(=O)Nc1cc(C)ccc1OC)Cc1cccs1. The van der Waals surface area contributed by atoms with E-state index >= 15 is 0 Å². The van der Waals surface area contributed by atoms with E-state index in [0.29, 0.717) is 12.3 Å². The summed E-state index contributed by atoms with van der Waals surface area (Å²) in [4.78, 5) is 18.6. The van der Waals surface area contributed by atoms with E-state index in [0.717, 1.165) is 44.0 Å². The summed E-state index contributed by atoms with van der Waals surface area (Å²) in [5.41, 5.74) is 1.81. The van der Waals surface area contributed by atoms with E-state index in [2.05, 4.69) is 46.5 Å². The molecule has 0 saturated carbocycles. The molecule has 1 N–H and O–H groups in total. The van der Waals surface area contributed by atoms with Crippen molar-refractivity contribution in [1.29, 1.82) is 0 Å². The number of amides is 1. The number of aryl methyl sites for hydroxylation is 1. The van der Waals surface area contributed by atoms with Crippen LogP contribution in [0.3, 0.4) is 0 Å². The van der Waals surface area contributed by atoms with Crippen LogP contribution >= 0.6 is 11.3 Å². The van der Waals surface area contributed by atoms with Crippen molar-refractivity contribution in [2.24, 2.45) is 0 Å². The van der Waals surface area contributed by atoms with Crippen LogP contribution in [0.15, 0.2) is 35.7 Å². The molecule has 0 spiro atoms. The van der Waals surface area contributed by atoms with Crippen LogP contribution in [-0.2, 0) is 11.3 Å². The topological polar surface area (TPSA) is 44.8 Å². The molecular formula is C21H31N3O2S. The van der Waals surface area contributed by atoms with E-state index in [4.69, 9.17) is 4.74 Å². The number of hydrogen-bond donors (Lipinski definition) is 1. The molecule has 148 valence electrons. The summed E-state index contributed by atoms with van der Waals surface area (Å²) in [6.45, 7) is 11.4. The number of methoxy groups -OCH3 is 1. The summed E-state index contributed by atoms with van der Waals surface area (Å²) in [7, 11) is 1.62. The standard InChI is InChI=1S/C21H31N3O2S/c1-5-23(6-2)11-12-24(15-18-8-7-13-27-18)16-21(25)22-19-14-17(3)9-10-20(19)26-4/h7-10,13-14H,5-6,11-12,15-16H2,1-4H3,(H,22,25). The second kappa shape index (κ2) is 11.1. The first-order valence-corrected chi connectivity index (χ1v) is 10.3. The molecule has 2 aromatic rings. The molecule has 0 unspecified atom stereocenters. The molecule has 6 heteroatoms. The molecule has 1 aromatic carbocycles. The predicted molar refractivity (Wildman–Crippen MR) is 114 cm³/mol. The molecule has 0 atom stereocenters. The van der Waals surface area contributed by atoms with E-state index < -0.39 is 0 Å². The number of benzene rings is 1. The van der Waals surface area contributed by atoms with Gasteiger partial charge in [-0.1, -0.05) is 26.0 Å². The van der Waals surface area contributed by atoms with E-state index in [1.54, 1.807) is 18.4 Å². The summed E-state index contributed by atoms with van der Waals surface area (Å²) < 4.78 is 5.37. The van der Waals surface area contributed by atoms with Gasteiger partial charge in [-0.15, -0.1) is 11.3 Å². The minimum atomic E-state index is -0.0185. The highest BCUT2D eigenvalue weighted by molar-refractivity contribution is 7.09. The zero-order chi connectivity index (χ0) is 19.6. The molecule has 0 aliphatic rings. The highest BCUT2D eigenvalue weighted by Crippen LogP contribution is 2.25. The summed E-state index contributed by atoms with van der Waals surface area (Å²) >= 11 is 1.73. The van der Waals surface area contributed by atoms with Crippen molar-refractivity contribution in [2.45, 2.75) is 27.3 Å². The van der Waals surface area contributed by atoms with Gasteiger partial charge in [-0.2, -0.15) is 0 Å². The predicted octanol–water partition coefficient (Wildman–Crippen LogP) is 3.85. The van der Waals surface area contributed by atoms with Crippen molar-refractivity contribution in [1.82, 2.24) is 9.80 Å². The fraction of sp³-hybridized carbons (Fsp3) is 0.476. The minimum absolute atomic E-state index is 0.0185. The first kappa shape index (κ1) is 21.4. The van der Waals surface area contributed by atoms with Crippen molar-refractivity contribution in [3.05, 3.63) is 46.2 Å². The monoisotopic (exact) mass is 389 g/mol. The van der Waals surface area contributed by atoms with Crippen LogP contribution in [0.4, 0.5) is 5.69 Å². The highest BCUT2D eigenvalue weighted by atomic mass is 32.1. The third-order valence-electron chi connectivity index (χ3n) is 4.58. The number of nitrogens with zero attached hydrogens (tertiary/aromatic N) is 2. The van der Waals surface area contributed by atoms with Gasteiger partial charge in [0.25, 0.3) is 0 Å². The van der Waals surface area contributed by atoms with Gasteiger partial charge in [0, 0.05) is 24.5 Å². The first-order valence-electron chi connectivity index (χ1n) is 9.47. The highest BCUT2D eigenvalue weighted by Gasteiger charge is 2.15. The fourth-order valence-corrected chi connectivity index (χ4v) is 3.72. The number of nitrogens with one attached hydrogen (secondary N) is 1. The van der Waals surface area contributed by atoms with Gasteiger partial charge in [0.2, 0.25) is 5.91 Å². The van der Waals surface area contributed by atoms with Gasteiger partial charge in [0.1, 0.15) is 5.75 Å². The van der Waals surface area contributed by atoms with Crippen LogP contribution in [0.2, 0.25) is 0 Å². The molecule has 1 heterocycles. The third kappa shape index (κ3) is 6.97. The average molecular weight is 390 g/mol. The Kier molecular flexibility index (Phi) is 8.78. The molecule has 0 bridgehead atoms. The van der Waals surface area contributed by atoms with Crippen molar-refractivity contribution >= 4 is 22.9 Å². The quantitative estimate of drug-likeness (QED) is 0.634. The first-order chi connectivity index (χ1) is 13.0. The Morgan fingerprint density at radius 1 is 1.15 bits per heavy atom. The van der Waals surface area contributed by atoms with Gasteiger partial charge in [0.05, 0.1) is 19.3 Å². The Morgan fingerprint density at radius 2 is 1.89 bits per heavy atom. The lowest BCUT2D eigenvalue weighted by Crippen LogP contribution is -2.38. The molecule has 0 aliphatic carbocycles. The number of carbonyl (C=O) groups excluding carboxylic acids is 1. The maximum atomic E-state index is 12.7. The molecule has 0 radical (unpaired) electrons. The zero-order valence-electron chi connectivity index (χ0n) is 16.8. The fourth-order valence-electron chi connectivity index (χ4n) is 2.97. The number of hydrogen-bond acceptors (Lipinski definition) is 5. The zero-order valence-corrected chi connectivity index (χ0v) is 17.6. The Balaban J connectivity index is 2.02. The van der Waals surface area contributed by atoms with Crippen LogP contribution in [0.25, 0.3) is 0 Å². The molecule has 5 nitrogen and oxygen atoms in total. The average Bonchev–Trinajstić information content (AvgIpc) is 3.15.